The molecule has 0 saturated heterocycles. The summed E-state index contributed by atoms with van der Waals surface area (Å²) in [6, 6.07) is 3.39. The fourth-order valence-corrected chi connectivity index (χ4v) is 2.27. The molecule has 0 bridgehead atoms. The summed E-state index contributed by atoms with van der Waals surface area (Å²) in [4.78, 5) is 34.2. The molecule has 0 aliphatic carbocycles. The average Bonchev–Trinajstić information content (AvgIpc) is 2.53. The van der Waals surface area contributed by atoms with Crippen molar-refractivity contribution in [3.63, 3.8) is 0 Å². The number of halogens is 2. The molecular formula is C16H17Cl2LiN2O5. The van der Waals surface area contributed by atoms with E-state index in [0.717, 1.165) is 22.7 Å². The Morgan fingerprint density at radius 1 is 1.08 bits per heavy atom. The minimum atomic E-state index is 0. The number of aryl methyl sites for hydroxylation is 2. The maximum absolute atomic E-state index is 9.97. The first kappa shape index (κ1) is 29.1. The standard InChI is InChI=1S/C8H10ClN.C7H6ClNO2.CO2.Li.H2O/c1-3-7-6(2)10-5-4-8(7)9;1-5-7(11-4-10)6(8)2-3-9-5;2-1-3;;/h4-5H,3H2,1-2H3;2-4H,1H3;;;1H2/q;;;+1;/p-1. The molecule has 0 amide bonds. The molecule has 0 atom stereocenters. The van der Waals surface area contributed by atoms with Gasteiger partial charge in [0, 0.05) is 23.1 Å². The Hall–Kier alpha value is -1.71. The van der Waals surface area contributed by atoms with Gasteiger partial charge in [-0.1, -0.05) is 30.1 Å². The van der Waals surface area contributed by atoms with Gasteiger partial charge in [0.15, 0.2) is 5.75 Å². The smallest absolute Gasteiger partial charge is 0.870 e. The van der Waals surface area contributed by atoms with Gasteiger partial charge < -0.3 is 10.2 Å². The van der Waals surface area contributed by atoms with Gasteiger partial charge in [0.1, 0.15) is 0 Å². The predicted octanol–water partition coefficient (Wildman–Crippen LogP) is 0.428. The third-order valence-corrected chi connectivity index (χ3v) is 3.42. The van der Waals surface area contributed by atoms with Crippen molar-refractivity contribution < 1.29 is 43.5 Å². The van der Waals surface area contributed by atoms with Crippen molar-refractivity contribution in [1.29, 1.82) is 0 Å². The van der Waals surface area contributed by atoms with Crippen LogP contribution in [0.15, 0.2) is 24.5 Å². The van der Waals surface area contributed by atoms with E-state index in [1.165, 1.54) is 0 Å². The molecule has 0 saturated carbocycles. The molecule has 0 fully saturated rings. The Morgan fingerprint density at radius 3 is 1.88 bits per heavy atom. The number of pyridine rings is 2. The van der Waals surface area contributed by atoms with E-state index in [1.807, 2.05) is 13.0 Å². The van der Waals surface area contributed by atoms with E-state index >= 15 is 0 Å². The molecule has 2 aromatic heterocycles. The Kier molecular flexibility index (Phi) is 18.7. The molecule has 0 aromatic carbocycles. The Morgan fingerprint density at radius 2 is 1.54 bits per heavy atom. The van der Waals surface area contributed by atoms with E-state index in [1.54, 1.807) is 25.4 Å². The Bertz CT molecular complexity index is 671. The molecule has 7 nitrogen and oxygen atoms in total. The van der Waals surface area contributed by atoms with Crippen LogP contribution in [0.2, 0.25) is 10.0 Å². The van der Waals surface area contributed by atoms with E-state index in [-0.39, 0.29) is 30.5 Å². The minimum absolute atomic E-state index is 0. The van der Waals surface area contributed by atoms with Crippen LogP contribution in [0.3, 0.4) is 0 Å². The van der Waals surface area contributed by atoms with Crippen LogP contribution in [0.5, 0.6) is 5.75 Å². The number of nitrogens with zero attached hydrogens (tertiary/aromatic N) is 2. The van der Waals surface area contributed by atoms with E-state index in [0.29, 0.717) is 22.9 Å². The van der Waals surface area contributed by atoms with Crippen LogP contribution >= 0.6 is 23.2 Å². The molecule has 1 N–H and O–H groups in total. The normalized spacial score (nSPS) is 8.04. The molecule has 26 heavy (non-hydrogen) atoms. The Balaban J connectivity index is -0.000000332. The third-order valence-electron chi connectivity index (χ3n) is 2.77. The summed E-state index contributed by atoms with van der Waals surface area (Å²) in [5.74, 6) is 0.323. The van der Waals surface area contributed by atoms with Gasteiger partial charge in [-0.2, -0.15) is 9.59 Å². The molecule has 2 aromatic rings. The third kappa shape index (κ3) is 10.3. The molecule has 2 rings (SSSR count). The maximum Gasteiger partial charge on any atom is 1.00 e. The molecule has 0 unspecified atom stereocenters. The molecule has 2 heterocycles. The molecule has 0 radical (unpaired) electrons. The van der Waals surface area contributed by atoms with E-state index < -0.39 is 0 Å². The van der Waals surface area contributed by atoms with Crippen molar-refractivity contribution in [2.75, 3.05) is 0 Å². The fourth-order valence-electron chi connectivity index (χ4n) is 1.70. The van der Waals surface area contributed by atoms with Crippen LogP contribution in [0.4, 0.5) is 0 Å². The first-order valence-corrected chi connectivity index (χ1v) is 7.49. The first-order chi connectivity index (χ1) is 11.4. The van der Waals surface area contributed by atoms with Crippen molar-refractivity contribution in [2.45, 2.75) is 27.2 Å². The number of rotatable bonds is 3. The predicted molar refractivity (Wildman–Crippen MR) is 91.0 cm³/mol. The maximum atomic E-state index is 9.97. The fraction of sp³-hybridized carbons (Fsp3) is 0.250. The zero-order valence-corrected chi connectivity index (χ0v) is 16.3. The van der Waals surface area contributed by atoms with Crippen LogP contribution in [-0.4, -0.2) is 28.1 Å². The second-order valence-electron chi connectivity index (χ2n) is 4.22. The molecule has 0 spiro atoms. The summed E-state index contributed by atoms with van der Waals surface area (Å²) in [7, 11) is 0. The summed E-state index contributed by atoms with van der Waals surface area (Å²) in [5, 5.41) is 1.22. The minimum Gasteiger partial charge on any atom is -0.870 e. The molecule has 136 valence electrons. The van der Waals surface area contributed by atoms with Crippen LogP contribution in [0.25, 0.3) is 0 Å². The van der Waals surface area contributed by atoms with Crippen molar-refractivity contribution in [1.82, 2.24) is 9.97 Å². The first-order valence-electron chi connectivity index (χ1n) is 6.73. The van der Waals surface area contributed by atoms with Crippen molar-refractivity contribution in [3.05, 3.63) is 51.5 Å². The topological polar surface area (TPSA) is 116 Å². The van der Waals surface area contributed by atoms with E-state index in [4.69, 9.17) is 32.8 Å². The van der Waals surface area contributed by atoms with Gasteiger partial charge >= 0.3 is 25.0 Å². The monoisotopic (exact) mass is 394 g/mol. The molecular weight excluding hydrogens is 378 g/mol. The van der Waals surface area contributed by atoms with Crippen LogP contribution in [0, 0.1) is 13.8 Å². The van der Waals surface area contributed by atoms with Crippen LogP contribution in [0.1, 0.15) is 23.9 Å². The summed E-state index contributed by atoms with van der Waals surface area (Å²) >= 11 is 11.6. The summed E-state index contributed by atoms with van der Waals surface area (Å²) < 4.78 is 4.59. The number of hydrogen-bond donors (Lipinski definition) is 0. The van der Waals surface area contributed by atoms with Gasteiger partial charge in [0.05, 0.1) is 10.7 Å². The van der Waals surface area contributed by atoms with Crippen LogP contribution in [-0.2, 0) is 20.8 Å². The summed E-state index contributed by atoms with van der Waals surface area (Å²) in [6.45, 7) is 6.10. The summed E-state index contributed by atoms with van der Waals surface area (Å²) in [5.41, 5.74) is 2.80. The van der Waals surface area contributed by atoms with Gasteiger partial charge in [0.25, 0.3) is 6.47 Å². The Labute approximate surface area is 173 Å². The van der Waals surface area contributed by atoms with Crippen molar-refractivity contribution >= 4 is 35.8 Å². The number of aromatic nitrogens is 2. The number of hydrogen-bond acceptors (Lipinski definition) is 7. The van der Waals surface area contributed by atoms with Gasteiger partial charge in [0.2, 0.25) is 0 Å². The van der Waals surface area contributed by atoms with E-state index in [9.17, 15) is 4.79 Å². The zero-order chi connectivity index (χ0) is 18.5. The molecule has 10 heteroatoms. The quantitative estimate of drug-likeness (QED) is 0.547. The molecule has 0 aliphatic heterocycles. The summed E-state index contributed by atoms with van der Waals surface area (Å²) in [6.07, 6.45) is 4.49. The van der Waals surface area contributed by atoms with Gasteiger partial charge in [-0.3, -0.25) is 14.8 Å². The van der Waals surface area contributed by atoms with E-state index in [2.05, 4.69) is 21.6 Å². The largest absolute Gasteiger partial charge is 1.00 e. The second-order valence-corrected chi connectivity index (χ2v) is 5.03. The van der Waals surface area contributed by atoms with Gasteiger partial charge in [-0.05, 0) is 38.0 Å². The second kappa shape index (κ2) is 16.7. The van der Waals surface area contributed by atoms with Gasteiger partial charge in [-0.15, -0.1) is 0 Å². The van der Waals surface area contributed by atoms with Gasteiger partial charge in [-0.25, -0.2) is 0 Å². The SMILES string of the molecule is CCc1c(Cl)ccnc1C.Cc1nccc(Cl)c1OC=O.O=C=O.[Li+].[OH-]. The number of ether oxygens (including phenoxy) is 1. The van der Waals surface area contributed by atoms with Crippen LogP contribution < -0.4 is 23.6 Å². The molecule has 0 aliphatic rings. The number of carbonyl (C=O) groups excluding carboxylic acids is 3. The van der Waals surface area contributed by atoms with Crippen molar-refractivity contribution in [3.8, 4) is 5.75 Å². The zero-order valence-electron chi connectivity index (χ0n) is 14.8. The number of carbonyl (C=O) groups is 1. The van der Waals surface area contributed by atoms with Crippen molar-refractivity contribution in [2.24, 2.45) is 0 Å². The average molecular weight is 395 g/mol.